The number of benzene rings is 1. The zero-order valence-electron chi connectivity index (χ0n) is 15.6. The van der Waals surface area contributed by atoms with Crippen molar-refractivity contribution in [3.8, 4) is 0 Å². The highest BCUT2D eigenvalue weighted by Crippen LogP contribution is 2.43. The molecular formula is C18H18N2O8. The number of ether oxygens (including phenoxy) is 1. The SMILES string of the molecule is COC(=O)C1=C(C)N(OC(C)=O)C(C)=C(C(=O)O)C1c1cccc([N+](=O)[O-])c1. The number of esters is 1. The molecule has 10 nitrogen and oxygen atoms in total. The monoisotopic (exact) mass is 390 g/mol. The topological polar surface area (TPSA) is 136 Å². The molecule has 0 saturated heterocycles. The minimum absolute atomic E-state index is 0.0596. The highest BCUT2D eigenvalue weighted by Gasteiger charge is 2.41. The van der Waals surface area contributed by atoms with Gasteiger partial charge in [0, 0.05) is 19.1 Å². The third-order valence-corrected chi connectivity index (χ3v) is 4.24. The molecule has 1 unspecified atom stereocenters. The van der Waals surface area contributed by atoms with Gasteiger partial charge in [0.2, 0.25) is 0 Å². The van der Waals surface area contributed by atoms with Gasteiger partial charge in [0.25, 0.3) is 5.69 Å². The van der Waals surface area contributed by atoms with Crippen LogP contribution in [-0.4, -0.2) is 40.1 Å². The van der Waals surface area contributed by atoms with Crippen molar-refractivity contribution in [2.75, 3.05) is 7.11 Å². The zero-order chi connectivity index (χ0) is 21.2. The summed E-state index contributed by atoms with van der Waals surface area (Å²) in [7, 11) is 1.12. The molecule has 1 atom stereocenters. The van der Waals surface area contributed by atoms with Crippen LogP contribution >= 0.6 is 0 Å². The Morgan fingerprint density at radius 2 is 1.79 bits per heavy atom. The van der Waals surface area contributed by atoms with Crippen LogP contribution in [0.15, 0.2) is 46.8 Å². The lowest BCUT2D eigenvalue weighted by molar-refractivity contribution is -0.384. The molecule has 0 aromatic heterocycles. The van der Waals surface area contributed by atoms with Crippen LogP contribution in [0.2, 0.25) is 0 Å². The normalized spacial score (nSPS) is 16.7. The minimum atomic E-state index is -1.37. The summed E-state index contributed by atoms with van der Waals surface area (Å²) in [5.74, 6) is -4.10. The van der Waals surface area contributed by atoms with Crippen molar-refractivity contribution in [3.63, 3.8) is 0 Å². The maximum atomic E-state index is 12.5. The number of aliphatic carboxylic acids is 1. The van der Waals surface area contributed by atoms with E-state index < -0.39 is 28.7 Å². The zero-order valence-corrected chi connectivity index (χ0v) is 15.6. The number of nitro benzene ring substituents is 1. The van der Waals surface area contributed by atoms with E-state index in [9.17, 15) is 29.6 Å². The maximum absolute atomic E-state index is 12.5. The molecule has 0 radical (unpaired) electrons. The first-order chi connectivity index (χ1) is 13.1. The standard InChI is InChI=1S/C18H18N2O8/c1-9-14(17(22)23)16(12-6-5-7-13(8-12)20(25)26)15(18(24)27-4)10(2)19(9)28-11(3)21/h5-8,16H,1-4H3,(H,22,23). The fourth-order valence-electron chi connectivity index (χ4n) is 3.10. The fraction of sp³-hybridized carbons (Fsp3) is 0.278. The van der Waals surface area contributed by atoms with Crippen molar-refractivity contribution in [2.24, 2.45) is 0 Å². The van der Waals surface area contributed by atoms with Gasteiger partial charge in [-0.3, -0.25) is 10.1 Å². The Morgan fingerprint density at radius 3 is 2.29 bits per heavy atom. The number of methoxy groups -OCH3 is 1. The van der Waals surface area contributed by atoms with Crippen molar-refractivity contribution in [3.05, 3.63) is 62.5 Å². The summed E-state index contributed by atoms with van der Waals surface area (Å²) in [5, 5.41) is 21.9. The molecule has 2 rings (SSSR count). The van der Waals surface area contributed by atoms with Gasteiger partial charge in [0.15, 0.2) is 0 Å². The molecule has 1 N–H and O–H groups in total. The lowest BCUT2D eigenvalue weighted by Gasteiger charge is -2.35. The molecule has 1 aromatic carbocycles. The van der Waals surface area contributed by atoms with E-state index in [0.717, 1.165) is 19.1 Å². The van der Waals surface area contributed by atoms with Crippen LogP contribution in [0.25, 0.3) is 0 Å². The third kappa shape index (κ3) is 3.70. The largest absolute Gasteiger partial charge is 0.478 e. The molecule has 0 bridgehead atoms. The minimum Gasteiger partial charge on any atom is -0.478 e. The van der Waals surface area contributed by atoms with E-state index in [1.165, 1.54) is 38.1 Å². The third-order valence-electron chi connectivity index (χ3n) is 4.24. The first-order valence-electron chi connectivity index (χ1n) is 8.06. The molecule has 1 heterocycles. The number of nitro groups is 1. The van der Waals surface area contributed by atoms with E-state index in [0.29, 0.717) is 0 Å². The summed E-state index contributed by atoms with van der Waals surface area (Å²) in [5.41, 5.74) is -0.220. The molecule has 0 fully saturated rings. The van der Waals surface area contributed by atoms with E-state index in [1.807, 2.05) is 0 Å². The molecule has 148 valence electrons. The number of hydroxylamine groups is 2. The molecule has 0 saturated carbocycles. The summed E-state index contributed by atoms with van der Waals surface area (Å²) >= 11 is 0. The van der Waals surface area contributed by atoms with Crippen molar-refractivity contribution < 1.29 is 34.0 Å². The van der Waals surface area contributed by atoms with Crippen molar-refractivity contribution >= 4 is 23.6 Å². The maximum Gasteiger partial charge on any atom is 0.336 e. The molecule has 10 heteroatoms. The second-order valence-corrected chi connectivity index (χ2v) is 5.96. The Balaban J connectivity index is 2.81. The molecule has 1 aliphatic rings. The lowest BCUT2D eigenvalue weighted by atomic mass is 9.80. The van der Waals surface area contributed by atoms with Gasteiger partial charge in [0.05, 0.1) is 40.5 Å². The number of allylic oxidation sites excluding steroid dienone is 2. The molecule has 0 amide bonds. The number of carbonyl (C=O) groups is 3. The highest BCUT2D eigenvalue weighted by atomic mass is 16.7. The van der Waals surface area contributed by atoms with Crippen LogP contribution in [0.4, 0.5) is 5.69 Å². The Morgan fingerprint density at radius 1 is 1.18 bits per heavy atom. The van der Waals surface area contributed by atoms with Gasteiger partial charge in [-0.15, -0.1) is 0 Å². The quantitative estimate of drug-likeness (QED) is 0.456. The van der Waals surface area contributed by atoms with Gasteiger partial charge in [-0.05, 0) is 19.4 Å². The predicted octanol–water partition coefficient (Wildman–Crippen LogP) is 2.28. The van der Waals surface area contributed by atoms with Crippen LogP contribution in [0.5, 0.6) is 0 Å². The number of rotatable bonds is 5. The summed E-state index contributed by atoms with van der Waals surface area (Å²) < 4.78 is 4.79. The molecule has 0 aliphatic carbocycles. The number of nitrogens with zero attached hydrogens (tertiary/aromatic N) is 2. The molecule has 0 spiro atoms. The first kappa shape index (κ1) is 20.6. The second-order valence-electron chi connectivity index (χ2n) is 5.96. The molecule has 1 aliphatic heterocycles. The van der Waals surface area contributed by atoms with E-state index in [1.54, 1.807) is 0 Å². The van der Waals surface area contributed by atoms with Crippen LogP contribution in [0, 0.1) is 10.1 Å². The molecular weight excluding hydrogens is 372 g/mol. The van der Waals surface area contributed by atoms with Gasteiger partial charge in [-0.1, -0.05) is 12.1 Å². The van der Waals surface area contributed by atoms with Crippen molar-refractivity contribution in [1.29, 1.82) is 0 Å². The summed E-state index contributed by atoms with van der Waals surface area (Å²) in [4.78, 5) is 51.5. The average molecular weight is 390 g/mol. The van der Waals surface area contributed by atoms with Gasteiger partial charge in [-0.25, -0.2) is 14.4 Å². The van der Waals surface area contributed by atoms with Gasteiger partial charge < -0.3 is 14.7 Å². The highest BCUT2D eigenvalue weighted by molar-refractivity contribution is 5.99. The van der Waals surface area contributed by atoms with Crippen LogP contribution < -0.4 is 0 Å². The van der Waals surface area contributed by atoms with E-state index >= 15 is 0 Å². The van der Waals surface area contributed by atoms with E-state index in [4.69, 9.17) is 9.57 Å². The molecule has 28 heavy (non-hydrogen) atoms. The number of carbonyl (C=O) groups excluding carboxylic acids is 2. The van der Waals surface area contributed by atoms with Gasteiger partial charge >= 0.3 is 17.9 Å². The number of non-ortho nitro benzene ring substituents is 1. The Labute approximate surface area is 159 Å². The average Bonchev–Trinajstić information content (AvgIpc) is 2.63. The summed E-state index contributed by atoms with van der Waals surface area (Å²) in [6.07, 6.45) is 0. The number of carboxylic acid groups (broad SMARTS) is 1. The van der Waals surface area contributed by atoms with Crippen molar-refractivity contribution in [2.45, 2.75) is 26.7 Å². The van der Waals surface area contributed by atoms with E-state index in [2.05, 4.69) is 0 Å². The fourth-order valence-corrected chi connectivity index (χ4v) is 3.10. The Kier molecular flexibility index (Phi) is 5.82. The summed E-state index contributed by atoms with van der Waals surface area (Å²) in [6, 6.07) is 5.32. The summed E-state index contributed by atoms with van der Waals surface area (Å²) in [6.45, 7) is 4.00. The number of hydrogen-bond donors (Lipinski definition) is 1. The molecule has 1 aromatic rings. The first-order valence-corrected chi connectivity index (χ1v) is 8.06. The van der Waals surface area contributed by atoms with Crippen LogP contribution in [0.3, 0.4) is 0 Å². The number of carboxylic acids is 1. The van der Waals surface area contributed by atoms with Crippen molar-refractivity contribution in [1.82, 2.24) is 5.06 Å². The Hall–Kier alpha value is -3.69. The van der Waals surface area contributed by atoms with Crippen LogP contribution in [0.1, 0.15) is 32.3 Å². The smallest absolute Gasteiger partial charge is 0.336 e. The Bertz CT molecular complexity index is 931. The lowest BCUT2D eigenvalue weighted by Crippen LogP contribution is -2.35. The van der Waals surface area contributed by atoms with Crippen LogP contribution in [-0.2, 0) is 24.0 Å². The van der Waals surface area contributed by atoms with Gasteiger partial charge in [-0.2, -0.15) is 5.06 Å². The van der Waals surface area contributed by atoms with E-state index in [-0.39, 0.29) is 33.8 Å². The second kappa shape index (κ2) is 7.91. The predicted molar refractivity (Wildman–Crippen MR) is 94.5 cm³/mol. The number of hydrogen-bond acceptors (Lipinski definition) is 8. The van der Waals surface area contributed by atoms with Gasteiger partial charge in [0.1, 0.15) is 0 Å².